The highest BCUT2D eigenvalue weighted by Crippen LogP contribution is 2.27. The molecule has 1 aromatic carbocycles. The molecule has 0 bridgehead atoms. The number of hydrogen-bond donors (Lipinski definition) is 2. The summed E-state index contributed by atoms with van der Waals surface area (Å²) in [6.45, 7) is -0.610. The monoisotopic (exact) mass is 370 g/mol. The summed E-state index contributed by atoms with van der Waals surface area (Å²) in [5.41, 5.74) is 7.00. The van der Waals surface area contributed by atoms with Crippen molar-refractivity contribution >= 4 is 23.2 Å². The van der Waals surface area contributed by atoms with Crippen molar-refractivity contribution in [2.24, 2.45) is 10.7 Å². The summed E-state index contributed by atoms with van der Waals surface area (Å²) in [7, 11) is 1.52. The molecule has 0 spiro atoms. The van der Waals surface area contributed by atoms with Crippen molar-refractivity contribution in [2.75, 3.05) is 19.0 Å². The van der Waals surface area contributed by atoms with Gasteiger partial charge in [0.2, 0.25) is 5.88 Å². The molecule has 6 nitrogen and oxygen atoms in total. The number of nitrogens with zero attached hydrogens (tertiary/aromatic N) is 2. The number of ether oxygens (including phenoxy) is 2. The third kappa shape index (κ3) is 5.75. The lowest BCUT2D eigenvalue weighted by molar-refractivity contribution is 0.0791. The average molecular weight is 371 g/mol. The Kier molecular flexibility index (Phi) is 6.76. The van der Waals surface area contributed by atoms with Gasteiger partial charge >= 0.3 is 0 Å². The van der Waals surface area contributed by atoms with E-state index in [1.165, 1.54) is 13.3 Å². The second kappa shape index (κ2) is 9.03. The second-order valence-corrected chi connectivity index (χ2v) is 5.25. The molecule has 2 rings (SSSR count). The van der Waals surface area contributed by atoms with Crippen LogP contribution in [0.4, 0.5) is 14.5 Å². The van der Waals surface area contributed by atoms with Gasteiger partial charge in [0.1, 0.15) is 5.75 Å². The number of pyridine rings is 1. The minimum atomic E-state index is -2.58. The van der Waals surface area contributed by atoms with Crippen LogP contribution in [0.15, 0.2) is 41.5 Å². The first kappa shape index (κ1) is 18.7. The normalized spacial score (nSPS) is 11.5. The van der Waals surface area contributed by atoms with Gasteiger partial charge < -0.3 is 20.5 Å². The maximum absolute atomic E-state index is 12.3. The van der Waals surface area contributed by atoms with Crippen molar-refractivity contribution in [3.8, 4) is 11.6 Å². The van der Waals surface area contributed by atoms with E-state index in [-0.39, 0.29) is 18.4 Å². The molecule has 0 atom stereocenters. The van der Waals surface area contributed by atoms with Crippen LogP contribution in [0, 0.1) is 0 Å². The highest BCUT2D eigenvalue weighted by molar-refractivity contribution is 6.32. The first-order valence-electron chi connectivity index (χ1n) is 7.25. The van der Waals surface area contributed by atoms with Gasteiger partial charge in [-0.25, -0.2) is 18.8 Å². The first-order chi connectivity index (χ1) is 12.0. The highest BCUT2D eigenvalue weighted by atomic mass is 35.5. The Morgan fingerprint density at radius 2 is 2.20 bits per heavy atom. The van der Waals surface area contributed by atoms with Crippen LogP contribution in [0.1, 0.15) is 5.56 Å². The van der Waals surface area contributed by atoms with Crippen molar-refractivity contribution in [1.82, 2.24) is 4.98 Å². The van der Waals surface area contributed by atoms with E-state index >= 15 is 0 Å². The van der Waals surface area contributed by atoms with Crippen molar-refractivity contribution in [3.63, 3.8) is 0 Å². The molecule has 0 aliphatic rings. The lowest BCUT2D eigenvalue weighted by Crippen LogP contribution is -2.22. The third-order valence-electron chi connectivity index (χ3n) is 3.04. The number of aliphatic imine (C=N–C) groups is 1. The molecule has 25 heavy (non-hydrogen) atoms. The fourth-order valence-corrected chi connectivity index (χ4v) is 2.18. The van der Waals surface area contributed by atoms with E-state index in [1.54, 1.807) is 30.3 Å². The predicted molar refractivity (Wildman–Crippen MR) is 92.7 cm³/mol. The Hall–Kier alpha value is -2.61. The molecule has 1 heterocycles. The van der Waals surface area contributed by atoms with Crippen LogP contribution >= 0.6 is 11.6 Å². The number of nitrogens with one attached hydrogen (secondary N) is 1. The summed E-state index contributed by atoms with van der Waals surface area (Å²) in [4.78, 5) is 8.08. The number of halogens is 3. The number of benzene rings is 1. The maximum atomic E-state index is 12.3. The Balaban J connectivity index is 2.02. The number of anilines is 1. The van der Waals surface area contributed by atoms with Gasteiger partial charge in [0.25, 0.3) is 6.43 Å². The van der Waals surface area contributed by atoms with Gasteiger partial charge in [0.05, 0.1) is 18.7 Å². The van der Waals surface area contributed by atoms with Crippen molar-refractivity contribution in [1.29, 1.82) is 0 Å². The van der Waals surface area contributed by atoms with Crippen molar-refractivity contribution in [3.05, 3.63) is 47.1 Å². The number of rotatable bonds is 7. The van der Waals surface area contributed by atoms with Crippen LogP contribution in [0.25, 0.3) is 0 Å². The molecule has 9 heteroatoms. The molecule has 0 saturated heterocycles. The standard InChI is InChI=1S/C16H17ClF2N4O2/c1-24-13-5-4-11(7-12(13)17)23-16(20)22-8-10-3-2-6-21-15(10)25-9-14(18)19/h2-7,14H,8-9H2,1H3,(H3,20,22,23). The van der Waals surface area contributed by atoms with E-state index in [0.29, 0.717) is 22.0 Å². The van der Waals surface area contributed by atoms with E-state index in [4.69, 9.17) is 26.8 Å². The molecule has 0 radical (unpaired) electrons. The van der Waals surface area contributed by atoms with Gasteiger partial charge in [0, 0.05) is 17.4 Å². The predicted octanol–water partition coefficient (Wildman–Crippen LogP) is 3.31. The topological polar surface area (TPSA) is 81.8 Å². The fourth-order valence-electron chi connectivity index (χ4n) is 1.92. The quantitative estimate of drug-likeness (QED) is 0.577. The molecule has 0 unspecified atom stereocenters. The molecule has 0 saturated carbocycles. The molecule has 2 aromatic rings. The number of alkyl halides is 2. The number of nitrogens with two attached hydrogens (primary N) is 1. The van der Waals surface area contributed by atoms with Crippen LogP contribution in [0.2, 0.25) is 5.02 Å². The van der Waals surface area contributed by atoms with E-state index < -0.39 is 13.0 Å². The molecule has 0 amide bonds. The molecule has 0 fully saturated rings. The van der Waals surface area contributed by atoms with Crippen molar-refractivity contribution in [2.45, 2.75) is 13.0 Å². The van der Waals surface area contributed by atoms with Gasteiger partial charge in [-0.1, -0.05) is 17.7 Å². The summed E-state index contributed by atoms with van der Waals surface area (Å²) < 4.78 is 34.6. The molecule has 134 valence electrons. The molecule has 0 aliphatic carbocycles. The molecular weight excluding hydrogens is 354 g/mol. The zero-order chi connectivity index (χ0) is 18.2. The zero-order valence-corrected chi connectivity index (χ0v) is 14.1. The molecule has 1 aromatic heterocycles. The van der Waals surface area contributed by atoms with Crippen LogP contribution in [0.5, 0.6) is 11.6 Å². The Labute approximate surface area is 148 Å². The zero-order valence-electron chi connectivity index (χ0n) is 13.4. The Bertz CT molecular complexity index is 744. The number of hydrogen-bond acceptors (Lipinski definition) is 4. The van der Waals surface area contributed by atoms with Gasteiger partial charge in [-0.3, -0.25) is 0 Å². The maximum Gasteiger partial charge on any atom is 0.272 e. The highest BCUT2D eigenvalue weighted by Gasteiger charge is 2.09. The summed E-state index contributed by atoms with van der Waals surface area (Å²) in [6, 6.07) is 8.40. The minimum Gasteiger partial charge on any atom is -0.495 e. The minimum absolute atomic E-state index is 0.104. The third-order valence-corrected chi connectivity index (χ3v) is 3.34. The first-order valence-corrected chi connectivity index (χ1v) is 7.62. The van der Waals surface area contributed by atoms with Gasteiger partial charge in [-0.05, 0) is 24.3 Å². The fraction of sp³-hybridized carbons (Fsp3) is 0.250. The van der Waals surface area contributed by atoms with Crippen LogP contribution in [-0.2, 0) is 6.54 Å². The Morgan fingerprint density at radius 3 is 2.88 bits per heavy atom. The van der Waals surface area contributed by atoms with Gasteiger partial charge in [0.15, 0.2) is 12.6 Å². The van der Waals surface area contributed by atoms with E-state index in [9.17, 15) is 8.78 Å². The number of guanidine groups is 1. The number of methoxy groups -OCH3 is 1. The average Bonchev–Trinajstić information content (AvgIpc) is 2.59. The Morgan fingerprint density at radius 1 is 1.40 bits per heavy atom. The van der Waals surface area contributed by atoms with Crippen LogP contribution in [-0.4, -0.2) is 31.1 Å². The molecule has 3 N–H and O–H groups in total. The van der Waals surface area contributed by atoms with Crippen LogP contribution < -0.4 is 20.5 Å². The summed E-state index contributed by atoms with van der Waals surface area (Å²) in [5.74, 6) is 0.774. The van der Waals surface area contributed by atoms with E-state index in [2.05, 4.69) is 15.3 Å². The summed E-state index contributed by atoms with van der Waals surface area (Å²) in [5, 5.41) is 3.31. The van der Waals surface area contributed by atoms with E-state index in [0.717, 1.165) is 0 Å². The van der Waals surface area contributed by atoms with E-state index in [1.807, 2.05) is 0 Å². The van der Waals surface area contributed by atoms with Crippen LogP contribution in [0.3, 0.4) is 0 Å². The van der Waals surface area contributed by atoms with Gasteiger partial charge in [-0.2, -0.15) is 0 Å². The number of aromatic nitrogens is 1. The largest absolute Gasteiger partial charge is 0.495 e. The SMILES string of the molecule is COc1ccc(NC(N)=NCc2cccnc2OCC(F)F)cc1Cl. The lowest BCUT2D eigenvalue weighted by atomic mass is 10.3. The smallest absolute Gasteiger partial charge is 0.272 e. The summed E-state index contributed by atoms with van der Waals surface area (Å²) >= 11 is 6.04. The van der Waals surface area contributed by atoms with Crippen molar-refractivity contribution < 1.29 is 18.3 Å². The van der Waals surface area contributed by atoms with Gasteiger partial charge in [-0.15, -0.1) is 0 Å². The second-order valence-electron chi connectivity index (χ2n) is 4.85. The lowest BCUT2D eigenvalue weighted by Gasteiger charge is -2.10. The summed E-state index contributed by atoms with van der Waals surface area (Å²) in [6.07, 6.45) is -1.13. The molecule has 0 aliphatic heterocycles. The molecular formula is C16H17ClF2N4O2.